The molecule has 0 aromatic heterocycles. The topological polar surface area (TPSA) is 17.1 Å². The van der Waals surface area contributed by atoms with Gasteiger partial charge in [-0.05, 0) is 35.8 Å². The minimum absolute atomic E-state index is 0.203. The molecule has 25 heavy (non-hydrogen) atoms. The molecule has 1 nitrogen and oxygen atoms in total. The van der Waals surface area contributed by atoms with E-state index in [2.05, 4.69) is 0 Å². The highest BCUT2D eigenvalue weighted by Crippen LogP contribution is 2.43. The Morgan fingerprint density at radius 3 is 2.32 bits per heavy atom. The number of carbonyl (C=O) groups excluding carboxylic acids is 1. The maximum Gasteiger partial charge on any atom is 0.193 e. The molecule has 1 aliphatic rings. The van der Waals surface area contributed by atoms with E-state index >= 15 is 0 Å². The normalized spacial score (nSPS) is 17.8. The molecule has 0 saturated carbocycles. The second-order valence-electron chi connectivity index (χ2n) is 6.39. The number of halogens is 1. The van der Waals surface area contributed by atoms with Crippen LogP contribution in [0.25, 0.3) is 6.08 Å². The molecule has 3 aromatic rings. The molecule has 0 spiro atoms. The van der Waals surface area contributed by atoms with Crippen LogP contribution in [0, 0.1) is 12.7 Å². The van der Waals surface area contributed by atoms with Crippen LogP contribution in [0.5, 0.6) is 0 Å². The molecule has 0 heterocycles. The predicted molar refractivity (Wildman–Crippen MR) is 98.2 cm³/mol. The van der Waals surface area contributed by atoms with E-state index in [-0.39, 0.29) is 17.3 Å². The molecule has 1 atom stereocenters. The van der Waals surface area contributed by atoms with Crippen molar-refractivity contribution in [1.82, 2.24) is 0 Å². The van der Waals surface area contributed by atoms with Gasteiger partial charge in [0.15, 0.2) is 5.78 Å². The Morgan fingerprint density at radius 1 is 0.880 bits per heavy atom. The van der Waals surface area contributed by atoms with Gasteiger partial charge in [-0.1, -0.05) is 72.3 Å². The van der Waals surface area contributed by atoms with E-state index in [1.54, 1.807) is 6.07 Å². The second kappa shape index (κ2) is 6.14. The molecular formula is C23H17FO. The molecule has 0 saturated heterocycles. The lowest BCUT2D eigenvalue weighted by atomic mass is 9.89. The van der Waals surface area contributed by atoms with Crippen LogP contribution in [0.15, 0.2) is 78.4 Å². The van der Waals surface area contributed by atoms with E-state index < -0.39 is 5.82 Å². The summed E-state index contributed by atoms with van der Waals surface area (Å²) in [5.74, 6) is -0.904. The summed E-state index contributed by atoms with van der Waals surface area (Å²) in [5, 5.41) is 0. The van der Waals surface area contributed by atoms with Crippen molar-refractivity contribution in [2.24, 2.45) is 0 Å². The fourth-order valence-electron chi connectivity index (χ4n) is 3.46. The lowest BCUT2D eigenvalue weighted by Gasteiger charge is -2.13. The van der Waals surface area contributed by atoms with E-state index in [0.717, 1.165) is 22.3 Å². The van der Waals surface area contributed by atoms with E-state index in [0.29, 0.717) is 5.57 Å². The van der Waals surface area contributed by atoms with Gasteiger partial charge in [0, 0.05) is 11.5 Å². The maximum absolute atomic E-state index is 14.3. The van der Waals surface area contributed by atoms with Crippen molar-refractivity contribution in [1.29, 1.82) is 0 Å². The van der Waals surface area contributed by atoms with Gasteiger partial charge in [-0.15, -0.1) is 0 Å². The van der Waals surface area contributed by atoms with Gasteiger partial charge in [0.05, 0.1) is 5.56 Å². The van der Waals surface area contributed by atoms with Gasteiger partial charge < -0.3 is 0 Å². The molecule has 0 N–H and O–H groups in total. The molecule has 0 radical (unpaired) electrons. The third kappa shape index (κ3) is 2.70. The van der Waals surface area contributed by atoms with Crippen molar-refractivity contribution in [2.45, 2.75) is 12.8 Å². The first-order valence-corrected chi connectivity index (χ1v) is 8.31. The first-order chi connectivity index (χ1) is 12.1. The number of carbonyl (C=O) groups is 1. The Balaban J connectivity index is 1.92. The summed E-state index contributed by atoms with van der Waals surface area (Å²) >= 11 is 0. The number of hydrogen-bond donors (Lipinski definition) is 0. The van der Waals surface area contributed by atoms with Crippen LogP contribution in [0.1, 0.15) is 38.5 Å². The predicted octanol–water partition coefficient (Wildman–Crippen LogP) is 5.55. The zero-order chi connectivity index (χ0) is 17.4. The molecule has 2 heteroatoms. The Bertz CT molecular complexity index is 969. The van der Waals surface area contributed by atoms with E-state index in [1.165, 1.54) is 6.07 Å². The number of aryl methyl sites for hydroxylation is 1. The molecule has 4 rings (SSSR count). The smallest absolute Gasteiger partial charge is 0.193 e. The van der Waals surface area contributed by atoms with Crippen LogP contribution in [0.3, 0.4) is 0 Å². The molecule has 1 aliphatic carbocycles. The first-order valence-electron chi connectivity index (χ1n) is 8.31. The van der Waals surface area contributed by atoms with Gasteiger partial charge in [-0.3, -0.25) is 4.79 Å². The summed E-state index contributed by atoms with van der Waals surface area (Å²) in [6.45, 7) is 2.02. The third-order valence-corrected chi connectivity index (χ3v) is 4.69. The standard InChI is InChI=1S/C23H17FO/c1-15-10-12-16(13-11-15)14-19-21(17-6-3-2-4-7-17)18-8-5-9-20(24)22(18)23(19)25/h2-14,21H,1H3/b19-14-. The Hall–Kier alpha value is -3.00. The van der Waals surface area contributed by atoms with Crippen LogP contribution in [-0.4, -0.2) is 5.78 Å². The van der Waals surface area contributed by atoms with Crippen molar-refractivity contribution >= 4 is 11.9 Å². The van der Waals surface area contributed by atoms with Crippen molar-refractivity contribution in [3.8, 4) is 0 Å². The SMILES string of the molecule is Cc1ccc(/C=C2\C(=O)c3c(F)cccc3C2c2ccccc2)cc1. The molecule has 0 bridgehead atoms. The molecule has 0 amide bonds. The lowest BCUT2D eigenvalue weighted by molar-refractivity contribution is 0.103. The van der Waals surface area contributed by atoms with Crippen molar-refractivity contribution in [3.63, 3.8) is 0 Å². The third-order valence-electron chi connectivity index (χ3n) is 4.69. The number of benzene rings is 3. The number of rotatable bonds is 2. The summed E-state index contributed by atoms with van der Waals surface area (Å²) in [4.78, 5) is 13.0. The van der Waals surface area contributed by atoms with Crippen LogP contribution >= 0.6 is 0 Å². The van der Waals surface area contributed by atoms with Gasteiger partial charge in [0.25, 0.3) is 0 Å². The van der Waals surface area contributed by atoms with Crippen molar-refractivity contribution in [3.05, 3.63) is 112 Å². The Kier molecular flexibility index (Phi) is 3.81. The number of allylic oxidation sites excluding steroid dienone is 1. The van der Waals surface area contributed by atoms with E-state index in [4.69, 9.17) is 0 Å². The lowest BCUT2D eigenvalue weighted by Crippen LogP contribution is -2.02. The average molecular weight is 328 g/mol. The van der Waals surface area contributed by atoms with Gasteiger partial charge in [0.1, 0.15) is 5.82 Å². The summed E-state index contributed by atoms with van der Waals surface area (Å²) in [6.07, 6.45) is 1.89. The fraction of sp³-hybridized carbons (Fsp3) is 0.0870. The highest BCUT2D eigenvalue weighted by atomic mass is 19.1. The van der Waals surface area contributed by atoms with Crippen molar-refractivity contribution in [2.75, 3.05) is 0 Å². The van der Waals surface area contributed by atoms with Gasteiger partial charge in [0.2, 0.25) is 0 Å². The van der Waals surface area contributed by atoms with E-state index in [1.807, 2.05) is 73.7 Å². The van der Waals surface area contributed by atoms with Gasteiger partial charge in [-0.2, -0.15) is 0 Å². The second-order valence-corrected chi connectivity index (χ2v) is 6.39. The minimum atomic E-state index is -0.448. The highest BCUT2D eigenvalue weighted by Gasteiger charge is 2.37. The summed E-state index contributed by atoms with van der Waals surface area (Å²) in [7, 11) is 0. The summed E-state index contributed by atoms with van der Waals surface area (Å²) in [6, 6.07) is 22.7. The summed E-state index contributed by atoms with van der Waals surface area (Å²) in [5.41, 5.74) is 4.68. The van der Waals surface area contributed by atoms with E-state index in [9.17, 15) is 9.18 Å². The van der Waals surface area contributed by atoms with Crippen LogP contribution < -0.4 is 0 Å². The van der Waals surface area contributed by atoms with Crippen LogP contribution in [-0.2, 0) is 0 Å². The number of fused-ring (bicyclic) bond motifs is 1. The quantitative estimate of drug-likeness (QED) is 0.564. The van der Waals surface area contributed by atoms with Crippen molar-refractivity contribution < 1.29 is 9.18 Å². The molecule has 0 fully saturated rings. The number of hydrogen-bond acceptors (Lipinski definition) is 1. The fourth-order valence-corrected chi connectivity index (χ4v) is 3.46. The minimum Gasteiger partial charge on any atom is -0.289 e. The largest absolute Gasteiger partial charge is 0.289 e. The zero-order valence-corrected chi connectivity index (χ0v) is 13.9. The number of Topliss-reactive ketones (excluding diaryl/α,β-unsaturated/α-hetero) is 1. The Morgan fingerprint density at radius 2 is 1.60 bits per heavy atom. The monoisotopic (exact) mass is 328 g/mol. The molecular weight excluding hydrogens is 311 g/mol. The van der Waals surface area contributed by atoms with Gasteiger partial charge in [-0.25, -0.2) is 4.39 Å². The van der Waals surface area contributed by atoms with Crippen LogP contribution in [0.2, 0.25) is 0 Å². The molecule has 0 aliphatic heterocycles. The van der Waals surface area contributed by atoms with Gasteiger partial charge >= 0.3 is 0 Å². The molecule has 1 unspecified atom stereocenters. The molecule has 122 valence electrons. The van der Waals surface area contributed by atoms with Crippen LogP contribution in [0.4, 0.5) is 4.39 Å². The average Bonchev–Trinajstić information content (AvgIpc) is 2.91. The summed E-state index contributed by atoms with van der Waals surface area (Å²) < 4.78 is 14.3. The number of ketones is 1. The first kappa shape index (κ1) is 15.5. The highest BCUT2D eigenvalue weighted by molar-refractivity contribution is 6.17. The molecule has 3 aromatic carbocycles. The Labute approximate surface area is 146 Å². The zero-order valence-electron chi connectivity index (χ0n) is 13.9. The maximum atomic E-state index is 14.3.